The molecule has 0 atom stereocenters. The SMILES string of the molecule is COCCNc1nc(CC(C)C)c(C(C)C)s1. The van der Waals surface area contributed by atoms with Crippen LogP contribution in [0.4, 0.5) is 5.13 Å². The Hall–Kier alpha value is -0.610. The second kappa shape index (κ2) is 6.97. The second-order valence-corrected chi connectivity index (χ2v) is 6.03. The largest absolute Gasteiger partial charge is 0.383 e. The number of hydrogen-bond acceptors (Lipinski definition) is 4. The molecule has 0 aliphatic rings. The lowest BCUT2D eigenvalue weighted by Crippen LogP contribution is -2.07. The molecule has 0 saturated heterocycles. The zero-order chi connectivity index (χ0) is 12.8. The predicted molar refractivity (Wildman–Crippen MR) is 75.1 cm³/mol. The van der Waals surface area contributed by atoms with E-state index >= 15 is 0 Å². The zero-order valence-corrected chi connectivity index (χ0v) is 12.4. The summed E-state index contributed by atoms with van der Waals surface area (Å²) in [6.07, 6.45) is 1.07. The van der Waals surface area contributed by atoms with Crippen molar-refractivity contribution < 1.29 is 4.74 Å². The minimum atomic E-state index is 0.555. The third-order valence-electron chi connectivity index (χ3n) is 2.44. The minimum absolute atomic E-state index is 0.555. The van der Waals surface area contributed by atoms with Crippen LogP contribution in [0.5, 0.6) is 0 Å². The van der Waals surface area contributed by atoms with E-state index in [1.807, 2.05) is 0 Å². The van der Waals surface area contributed by atoms with E-state index < -0.39 is 0 Å². The molecule has 1 aromatic heterocycles. The van der Waals surface area contributed by atoms with Crippen LogP contribution < -0.4 is 5.32 Å². The summed E-state index contributed by atoms with van der Waals surface area (Å²) in [5.41, 5.74) is 1.26. The molecule has 3 nitrogen and oxygen atoms in total. The van der Waals surface area contributed by atoms with E-state index in [0.717, 1.165) is 24.7 Å². The van der Waals surface area contributed by atoms with Crippen molar-refractivity contribution in [2.24, 2.45) is 5.92 Å². The highest BCUT2D eigenvalue weighted by atomic mass is 32.1. The van der Waals surface area contributed by atoms with Gasteiger partial charge in [0.1, 0.15) is 0 Å². The van der Waals surface area contributed by atoms with Crippen LogP contribution >= 0.6 is 11.3 Å². The third-order valence-corrected chi connectivity index (χ3v) is 3.79. The molecule has 0 aromatic carbocycles. The van der Waals surface area contributed by atoms with Gasteiger partial charge in [0.05, 0.1) is 12.3 Å². The molecular formula is C13H24N2OS. The molecule has 0 bridgehead atoms. The van der Waals surface area contributed by atoms with E-state index in [9.17, 15) is 0 Å². The second-order valence-electron chi connectivity index (χ2n) is 5.00. The third kappa shape index (κ3) is 4.64. The molecule has 0 spiro atoms. The Labute approximate surface area is 109 Å². The molecule has 1 aromatic rings. The number of nitrogens with one attached hydrogen (secondary N) is 1. The molecule has 0 aliphatic carbocycles. The van der Waals surface area contributed by atoms with Gasteiger partial charge in [-0.3, -0.25) is 0 Å². The van der Waals surface area contributed by atoms with E-state index in [2.05, 4.69) is 33.0 Å². The summed E-state index contributed by atoms with van der Waals surface area (Å²) in [6.45, 7) is 10.5. The van der Waals surface area contributed by atoms with E-state index in [0.29, 0.717) is 11.8 Å². The highest BCUT2D eigenvalue weighted by molar-refractivity contribution is 7.15. The Bertz CT molecular complexity index is 334. The fourth-order valence-corrected chi connectivity index (χ4v) is 2.70. The quantitative estimate of drug-likeness (QED) is 0.758. The van der Waals surface area contributed by atoms with Crippen molar-refractivity contribution in [3.05, 3.63) is 10.6 Å². The summed E-state index contributed by atoms with van der Waals surface area (Å²) in [6, 6.07) is 0. The number of aromatic nitrogens is 1. The normalized spacial score (nSPS) is 11.5. The van der Waals surface area contributed by atoms with Crippen LogP contribution in [-0.2, 0) is 11.2 Å². The number of rotatable bonds is 7. The van der Waals surface area contributed by atoms with Crippen molar-refractivity contribution in [3.63, 3.8) is 0 Å². The number of ether oxygens (including phenoxy) is 1. The van der Waals surface area contributed by atoms with Gasteiger partial charge in [-0.15, -0.1) is 11.3 Å². The summed E-state index contributed by atoms with van der Waals surface area (Å²) in [7, 11) is 1.72. The van der Waals surface area contributed by atoms with Gasteiger partial charge in [-0.05, 0) is 18.3 Å². The molecule has 1 N–H and O–H groups in total. The molecule has 0 fully saturated rings. The van der Waals surface area contributed by atoms with Gasteiger partial charge in [0.15, 0.2) is 5.13 Å². The van der Waals surface area contributed by atoms with Crippen molar-refractivity contribution in [2.45, 2.75) is 40.0 Å². The summed E-state index contributed by atoms with van der Waals surface area (Å²) in [5, 5.41) is 4.35. The Morgan fingerprint density at radius 1 is 1.29 bits per heavy atom. The van der Waals surface area contributed by atoms with Crippen LogP contribution in [0.25, 0.3) is 0 Å². The zero-order valence-electron chi connectivity index (χ0n) is 11.5. The first-order valence-corrected chi connectivity index (χ1v) is 7.08. The molecule has 0 amide bonds. The Morgan fingerprint density at radius 3 is 2.53 bits per heavy atom. The topological polar surface area (TPSA) is 34.1 Å². The van der Waals surface area contributed by atoms with Gasteiger partial charge in [-0.1, -0.05) is 27.7 Å². The molecule has 1 rings (SSSR count). The van der Waals surface area contributed by atoms with Crippen molar-refractivity contribution in [1.82, 2.24) is 4.98 Å². The number of thiazole rings is 1. The van der Waals surface area contributed by atoms with Crippen molar-refractivity contribution in [1.29, 1.82) is 0 Å². The summed E-state index contributed by atoms with van der Waals surface area (Å²) in [5.74, 6) is 1.21. The van der Waals surface area contributed by atoms with E-state index in [1.165, 1.54) is 10.6 Å². The number of nitrogens with zero attached hydrogens (tertiary/aromatic N) is 1. The number of hydrogen-bond donors (Lipinski definition) is 1. The molecule has 4 heteroatoms. The molecule has 0 aliphatic heterocycles. The average Bonchev–Trinajstić information content (AvgIpc) is 2.60. The molecule has 0 saturated carbocycles. The van der Waals surface area contributed by atoms with Crippen molar-refractivity contribution in [3.8, 4) is 0 Å². The molecule has 0 unspecified atom stereocenters. The molecule has 0 radical (unpaired) electrons. The first-order valence-electron chi connectivity index (χ1n) is 6.27. The predicted octanol–water partition coefficient (Wildman–Crippen LogP) is 3.52. The van der Waals surface area contributed by atoms with Crippen molar-refractivity contribution >= 4 is 16.5 Å². The maximum Gasteiger partial charge on any atom is 0.183 e. The Morgan fingerprint density at radius 2 is 2.00 bits per heavy atom. The fourth-order valence-electron chi connectivity index (χ4n) is 1.68. The van der Waals surface area contributed by atoms with Gasteiger partial charge >= 0.3 is 0 Å². The van der Waals surface area contributed by atoms with Crippen LogP contribution in [0.1, 0.15) is 44.2 Å². The van der Waals surface area contributed by atoms with Crippen LogP contribution in [0, 0.1) is 5.92 Å². The number of anilines is 1. The first-order chi connectivity index (χ1) is 8.04. The van der Waals surface area contributed by atoms with E-state index in [-0.39, 0.29) is 0 Å². The van der Waals surface area contributed by atoms with Crippen LogP contribution in [0.15, 0.2) is 0 Å². The lowest BCUT2D eigenvalue weighted by molar-refractivity contribution is 0.211. The molecule has 17 heavy (non-hydrogen) atoms. The lowest BCUT2D eigenvalue weighted by atomic mass is 10.0. The van der Waals surface area contributed by atoms with Gasteiger partial charge in [0.25, 0.3) is 0 Å². The van der Waals surface area contributed by atoms with Gasteiger partial charge in [-0.2, -0.15) is 0 Å². The molecule has 98 valence electrons. The van der Waals surface area contributed by atoms with Gasteiger partial charge in [-0.25, -0.2) is 4.98 Å². The van der Waals surface area contributed by atoms with Gasteiger partial charge in [0, 0.05) is 18.5 Å². The lowest BCUT2D eigenvalue weighted by Gasteiger charge is -2.06. The van der Waals surface area contributed by atoms with Crippen LogP contribution in [0.2, 0.25) is 0 Å². The van der Waals surface area contributed by atoms with Crippen LogP contribution in [0.3, 0.4) is 0 Å². The maximum absolute atomic E-state index is 5.03. The highest BCUT2D eigenvalue weighted by Gasteiger charge is 2.14. The van der Waals surface area contributed by atoms with E-state index in [4.69, 9.17) is 9.72 Å². The summed E-state index contributed by atoms with van der Waals surface area (Å²) in [4.78, 5) is 6.11. The Kier molecular flexibility index (Phi) is 5.92. The van der Waals surface area contributed by atoms with Crippen molar-refractivity contribution in [2.75, 3.05) is 25.6 Å². The van der Waals surface area contributed by atoms with E-state index in [1.54, 1.807) is 18.4 Å². The molecular weight excluding hydrogens is 232 g/mol. The summed E-state index contributed by atoms with van der Waals surface area (Å²) < 4.78 is 5.03. The fraction of sp³-hybridized carbons (Fsp3) is 0.769. The van der Waals surface area contributed by atoms with Gasteiger partial charge < -0.3 is 10.1 Å². The first kappa shape index (κ1) is 14.5. The van der Waals surface area contributed by atoms with Crippen LogP contribution in [-0.4, -0.2) is 25.2 Å². The Balaban J connectivity index is 2.73. The number of methoxy groups -OCH3 is 1. The minimum Gasteiger partial charge on any atom is -0.383 e. The smallest absolute Gasteiger partial charge is 0.183 e. The summed E-state index contributed by atoms with van der Waals surface area (Å²) >= 11 is 1.78. The highest BCUT2D eigenvalue weighted by Crippen LogP contribution is 2.31. The monoisotopic (exact) mass is 256 g/mol. The average molecular weight is 256 g/mol. The van der Waals surface area contributed by atoms with Gasteiger partial charge in [0.2, 0.25) is 0 Å². The standard InChI is InChI=1S/C13H24N2OS/c1-9(2)8-11-12(10(3)4)17-13(15-11)14-6-7-16-5/h9-10H,6-8H2,1-5H3,(H,14,15). The maximum atomic E-state index is 5.03. The molecule has 1 heterocycles.